The predicted octanol–water partition coefficient (Wildman–Crippen LogP) is 5.21. The summed E-state index contributed by atoms with van der Waals surface area (Å²) < 4.78 is 5.28. The number of nitrogens with one attached hydrogen (secondary N) is 1. The first-order valence-corrected chi connectivity index (χ1v) is 10.2. The number of thiophene rings is 1. The van der Waals surface area contributed by atoms with Crippen molar-refractivity contribution >= 4 is 38.4 Å². The van der Waals surface area contributed by atoms with E-state index < -0.39 is 0 Å². The molecule has 0 saturated carbocycles. The molecule has 0 aliphatic rings. The summed E-state index contributed by atoms with van der Waals surface area (Å²) in [5.74, 6) is 0.742. The second-order valence-corrected chi connectivity index (χ2v) is 7.98. The molecule has 1 N–H and O–H groups in total. The molecule has 0 saturated heterocycles. The molecule has 28 heavy (non-hydrogen) atoms. The topological polar surface area (TPSA) is 51.2 Å². The van der Waals surface area contributed by atoms with Gasteiger partial charge >= 0.3 is 0 Å². The summed E-state index contributed by atoms with van der Waals surface area (Å²) in [5.41, 5.74) is 2.16. The zero-order valence-corrected chi connectivity index (χ0v) is 16.8. The van der Waals surface area contributed by atoms with Crippen LogP contribution in [0.25, 0.3) is 21.1 Å². The van der Waals surface area contributed by atoms with Crippen molar-refractivity contribution in [3.8, 4) is 5.75 Å². The van der Waals surface area contributed by atoms with Crippen LogP contribution in [0.2, 0.25) is 0 Å². The monoisotopic (exact) mass is 390 g/mol. The zero-order chi connectivity index (χ0) is 19.5. The van der Waals surface area contributed by atoms with Crippen LogP contribution in [0.5, 0.6) is 5.75 Å². The average Bonchev–Trinajstić information content (AvgIpc) is 3.14. The molecule has 4 nitrogen and oxygen atoms in total. The van der Waals surface area contributed by atoms with Gasteiger partial charge in [-0.1, -0.05) is 30.3 Å². The lowest BCUT2D eigenvalue weighted by Gasteiger charge is -2.13. The van der Waals surface area contributed by atoms with Crippen molar-refractivity contribution in [2.24, 2.45) is 0 Å². The molecule has 1 atom stereocenters. The van der Waals surface area contributed by atoms with Crippen LogP contribution < -0.4 is 10.1 Å². The quantitative estimate of drug-likeness (QED) is 0.492. The summed E-state index contributed by atoms with van der Waals surface area (Å²) >= 11 is 1.43. The van der Waals surface area contributed by atoms with E-state index in [1.807, 2.05) is 49.4 Å². The van der Waals surface area contributed by atoms with Gasteiger partial charge < -0.3 is 10.1 Å². The van der Waals surface area contributed by atoms with Crippen LogP contribution in [0.4, 0.5) is 0 Å². The van der Waals surface area contributed by atoms with E-state index in [1.165, 1.54) is 16.9 Å². The van der Waals surface area contributed by atoms with Gasteiger partial charge in [0.15, 0.2) is 0 Å². The summed E-state index contributed by atoms with van der Waals surface area (Å²) in [5, 5.41) is 5.14. The fraction of sp³-hybridized carbons (Fsp3) is 0.217. The van der Waals surface area contributed by atoms with E-state index in [0.29, 0.717) is 4.88 Å². The van der Waals surface area contributed by atoms with Gasteiger partial charge in [-0.15, -0.1) is 11.3 Å². The molecule has 1 amide bonds. The Labute approximate surface area is 168 Å². The number of carbonyl (C=O) groups is 1. The van der Waals surface area contributed by atoms with Crippen LogP contribution in [-0.2, 0) is 6.42 Å². The number of aromatic nitrogens is 1. The molecule has 4 aromatic rings. The first-order valence-electron chi connectivity index (χ1n) is 9.35. The van der Waals surface area contributed by atoms with Gasteiger partial charge in [0.05, 0.1) is 17.5 Å². The van der Waals surface area contributed by atoms with Gasteiger partial charge in [0, 0.05) is 22.9 Å². The molecule has 5 heteroatoms. The fourth-order valence-corrected chi connectivity index (χ4v) is 4.16. The number of amides is 1. The summed E-state index contributed by atoms with van der Waals surface area (Å²) in [6.07, 6.45) is 1.85. The van der Waals surface area contributed by atoms with Crippen LogP contribution >= 0.6 is 11.3 Å². The molecule has 2 aromatic heterocycles. The number of hydrogen-bond acceptors (Lipinski definition) is 4. The lowest BCUT2D eigenvalue weighted by molar-refractivity contribution is 0.0942. The lowest BCUT2D eigenvalue weighted by Crippen LogP contribution is -2.32. The minimum Gasteiger partial charge on any atom is -0.497 e. The normalized spacial score (nSPS) is 12.2. The second kappa shape index (κ2) is 7.98. The first-order chi connectivity index (χ1) is 13.6. The molecule has 142 valence electrons. The Morgan fingerprint density at radius 2 is 1.93 bits per heavy atom. The van der Waals surface area contributed by atoms with Crippen molar-refractivity contribution in [1.29, 1.82) is 0 Å². The van der Waals surface area contributed by atoms with Gasteiger partial charge in [0.1, 0.15) is 10.6 Å². The maximum absolute atomic E-state index is 12.7. The number of carbonyl (C=O) groups excluding carboxylic acids is 1. The number of hydrogen-bond donors (Lipinski definition) is 1. The first kappa shape index (κ1) is 18.4. The third-order valence-corrected chi connectivity index (χ3v) is 5.86. The van der Waals surface area contributed by atoms with Crippen LogP contribution in [-0.4, -0.2) is 24.0 Å². The Balaban J connectivity index is 1.48. The molecule has 0 fully saturated rings. The highest BCUT2D eigenvalue weighted by molar-refractivity contribution is 7.20. The number of methoxy groups -OCH3 is 1. The highest BCUT2D eigenvalue weighted by Crippen LogP contribution is 2.29. The van der Waals surface area contributed by atoms with Gasteiger partial charge in [-0.05, 0) is 49.6 Å². The Kier molecular flexibility index (Phi) is 5.26. The van der Waals surface area contributed by atoms with E-state index in [9.17, 15) is 4.79 Å². The number of nitrogens with zero attached hydrogens (tertiary/aromatic N) is 1. The average molecular weight is 391 g/mol. The van der Waals surface area contributed by atoms with Crippen LogP contribution in [0.15, 0.2) is 60.7 Å². The summed E-state index contributed by atoms with van der Waals surface area (Å²) in [6, 6.07) is 20.3. The van der Waals surface area contributed by atoms with Crippen molar-refractivity contribution in [1.82, 2.24) is 10.3 Å². The Hall–Kier alpha value is -2.92. The minimum absolute atomic E-state index is 0.0369. The third kappa shape index (κ3) is 3.99. The van der Waals surface area contributed by atoms with E-state index >= 15 is 0 Å². The largest absolute Gasteiger partial charge is 0.497 e. The van der Waals surface area contributed by atoms with E-state index in [-0.39, 0.29) is 11.9 Å². The maximum Gasteiger partial charge on any atom is 0.261 e. The molecule has 0 spiro atoms. The van der Waals surface area contributed by atoms with Crippen molar-refractivity contribution < 1.29 is 9.53 Å². The van der Waals surface area contributed by atoms with E-state index in [0.717, 1.165) is 39.7 Å². The molecular weight excluding hydrogens is 368 g/mol. The van der Waals surface area contributed by atoms with E-state index in [1.54, 1.807) is 7.11 Å². The Bertz CT molecular complexity index is 1120. The minimum atomic E-state index is -0.0369. The highest BCUT2D eigenvalue weighted by Gasteiger charge is 2.14. The Morgan fingerprint density at radius 1 is 1.11 bits per heavy atom. The van der Waals surface area contributed by atoms with Gasteiger partial charge in [-0.25, -0.2) is 4.98 Å². The smallest absolute Gasteiger partial charge is 0.261 e. The molecule has 0 radical (unpaired) electrons. The number of aryl methyl sites for hydroxylation is 1. The number of pyridine rings is 1. The van der Waals surface area contributed by atoms with Crippen molar-refractivity contribution in [2.45, 2.75) is 25.8 Å². The van der Waals surface area contributed by atoms with Crippen molar-refractivity contribution in [3.05, 3.63) is 71.1 Å². The van der Waals surface area contributed by atoms with Crippen LogP contribution in [0.1, 0.15) is 28.6 Å². The second-order valence-electron chi connectivity index (χ2n) is 6.95. The lowest BCUT2D eigenvalue weighted by atomic mass is 10.1. The number of fused-ring (bicyclic) bond motifs is 2. The number of ether oxygens (including phenoxy) is 1. The SMILES string of the molecule is COc1ccc2cc3cc(C(=O)NC(C)CCc4ccccc4)sc3nc2c1. The number of benzene rings is 2. The molecule has 4 rings (SSSR count). The number of rotatable bonds is 6. The molecule has 2 aromatic carbocycles. The van der Waals surface area contributed by atoms with Gasteiger partial charge in [-0.2, -0.15) is 0 Å². The van der Waals surface area contributed by atoms with Crippen LogP contribution in [0, 0.1) is 0 Å². The fourth-order valence-electron chi connectivity index (χ4n) is 3.24. The molecule has 0 bridgehead atoms. The zero-order valence-electron chi connectivity index (χ0n) is 15.9. The van der Waals surface area contributed by atoms with Crippen molar-refractivity contribution in [3.63, 3.8) is 0 Å². The standard InChI is InChI=1S/C23H22N2O2S/c1-15(8-9-16-6-4-3-5-7-16)24-22(26)21-13-18-12-17-10-11-19(27-2)14-20(17)25-23(18)28-21/h3-7,10-15H,8-9H2,1-2H3,(H,24,26). The molecule has 2 heterocycles. The molecular formula is C23H22N2O2S. The maximum atomic E-state index is 12.7. The van der Waals surface area contributed by atoms with Gasteiger partial charge in [0.25, 0.3) is 5.91 Å². The van der Waals surface area contributed by atoms with Crippen molar-refractivity contribution in [2.75, 3.05) is 7.11 Å². The third-order valence-electron chi connectivity index (χ3n) is 4.82. The van der Waals surface area contributed by atoms with E-state index in [4.69, 9.17) is 9.72 Å². The van der Waals surface area contributed by atoms with E-state index in [2.05, 4.69) is 23.5 Å². The molecule has 0 aliphatic heterocycles. The van der Waals surface area contributed by atoms with Crippen LogP contribution in [0.3, 0.4) is 0 Å². The highest BCUT2D eigenvalue weighted by atomic mass is 32.1. The Morgan fingerprint density at radius 3 is 2.71 bits per heavy atom. The summed E-state index contributed by atoms with van der Waals surface area (Å²) in [6.45, 7) is 2.05. The molecule has 0 aliphatic carbocycles. The van der Waals surface area contributed by atoms with Gasteiger partial charge in [0.2, 0.25) is 0 Å². The molecule has 1 unspecified atom stereocenters. The van der Waals surface area contributed by atoms with Gasteiger partial charge in [-0.3, -0.25) is 4.79 Å². The summed E-state index contributed by atoms with van der Waals surface area (Å²) in [4.78, 5) is 18.9. The predicted molar refractivity (Wildman–Crippen MR) is 115 cm³/mol. The summed E-state index contributed by atoms with van der Waals surface area (Å²) in [7, 11) is 1.65.